The highest BCUT2D eigenvalue weighted by molar-refractivity contribution is 8.27. The van der Waals surface area contributed by atoms with Crippen LogP contribution in [0.25, 0.3) is 0 Å². The highest BCUT2D eigenvalue weighted by Gasteiger charge is 2.42. The number of nitrogens with one attached hydrogen (secondary N) is 1. The Kier molecular flexibility index (Phi) is 5.16. The van der Waals surface area contributed by atoms with Gasteiger partial charge in [-0.15, -0.1) is 0 Å². The van der Waals surface area contributed by atoms with Crippen molar-refractivity contribution in [3.63, 3.8) is 0 Å². The lowest BCUT2D eigenvalue weighted by Gasteiger charge is -2.44. The summed E-state index contributed by atoms with van der Waals surface area (Å²) in [6.07, 6.45) is -0.272. The molecule has 0 aromatic heterocycles. The Morgan fingerprint density at radius 2 is 1.64 bits per heavy atom. The van der Waals surface area contributed by atoms with Crippen LogP contribution in [0.4, 0.5) is 21.5 Å². The quantitative estimate of drug-likeness (QED) is 0.627. The van der Waals surface area contributed by atoms with Gasteiger partial charge in [-0.2, -0.15) is 0 Å². The largest absolute Gasteiger partial charge is 0.392 e. The van der Waals surface area contributed by atoms with Gasteiger partial charge in [-0.3, -0.25) is 13.4 Å². The minimum Gasteiger partial charge on any atom is -0.392 e. The molecule has 1 heterocycles. The SMILES string of the molecule is CNC[C@@H](O)CCN1c2ccccc2N(c2ccccc2F)S1(O)O. The number of likely N-dealkylation sites (N-methyl/N-ethyl adjacent to an activating group) is 1. The number of rotatable bonds is 6. The molecule has 1 aliphatic rings. The van der Waals surface area contributed by atoms with Gasteiger partial charge in [0.1, 0.15) is 11.5 Å². The molecule has 0 bridgehead atoms. The maximum Gasteiger partial charge on any atom is 0.148 e. The molecule has 3 rings (SSSR count). The number of anilines is 3. The van der Waals surface area contributed by atoms with Crippen LogP contribution in [0.3, 0.4) is 0 Å². The molecule has 2 aromatic rings. The second-order valence-corrected chi connectivity index (χ2v) is 7.61. The van der Waals surface area contributed by atoms with Crippen LogP contribution in [-0.2, 0) is 0 Å². The van der Waals surface area contributed by atoms with Crippen LogP contribution >= 0.6 is 11.0 Å². The van der Waals surface area contributed by atoms with Crippen molar-refractivity contribution in [2.75, 3.05) is 28.7 Å². The Balaban J connectivity index is 1.97. The summed E-state index contributed by atoms with van der Waals surface area (Å²) in [5.74, 6) is -0.533. The Labute approximate surface area is 148 Å². The van der Waals surface area contributed by atoms with E-state index >= 15 is 0 Å². The van der Waals surface area contributed by atoms with Gasteiger partial charge in [-0.1, -0.05) is 24.3 Å². The first kappa shape index (κ1) is 18.0. The fourth-order valence-corrected chi connectivity index (χ4v) is 4.73. The van der Waals surface area contributed by atoms with Crippen LogP contribution in [0.15, 0.2) is 48.5 Å². The lowest BCUT2D eigenvalue weighted by Crippen LogP contribution is -2.35. The number of fused-ring (bicyclic) bond motifs is 1. The third-order valence-corrected chi connectivity index (χ3v) is 5.94. The van der Waals surface area contributed by atoms with Crippen LogP contribution in [0.1, 0.15) is 6.42 Å². The van der Waals surface area contributed by atoms with Gasteiger partial charge in [-0.25, -0.2) is 8.70 Å². The number of benzene rings is 2. The van der Waals surface area contributed by atoms with E-state index in [4.69, 9.17) is 0 Å². The summed E-state index contributed by atoms with van der Waals surface area (Å²) < 4.78 is 38.7. The van der Waals surface area contributed by atoms with Crippen molar-refractivity contribution in [3.8, 4) is 0 Å². The van der Waals surface area contributed by atoms with E-state index in [-0.39, 0.29) is 12.2 Å². The molecule has 1 atom stereocenters. The smallest absolute Gasteiger partial charge is 0.148 e. The lowest BCUT2D eigenvalue weighted by atomic mass is 10.2. The number of hydrogen-bond donors (Lipinski definition) is 4. The van der Waals surface area contributed by atoms with Gasteiger partial charge >= 0.3 is 0 Å². The van der Waals surface area contributed by atoms with E-state index in [0.29, 0.717) is 24.3 Å². The van der Waals surface area contributed by atoms with Crippen molar-refractivity contribution in [2.24, 2.45) is 0 Å². The molecule has 0 spiro atoms. The molecule has 25 heavy (non-hydrogen) atoms. The van der Waals surface area contributed by atoms with Gasteiger partial charge in [0.15, 0.2) is 0 Å². The summed E-state index contributed by atoms with van der Waals surface area (Å²) in [6, 6.07) is 13.0. The molecule has 8 heteroatoms. The third kappa shape index (κ3) is 3.31. The van der Waals surface area contributed by atoms with Crippen LogP contribution in [0.2, 0.25) is 0 Å². The number of halogens is 1. The topological polar surface area (TPSA) is 79.2 Å². The monoisotopic (exact) mass is 367 g/mol. The molecule has 0 amide bonds. The van der Waals surface area contributed by atoms with Crippen molar-refractivity contribution < 1.29 is 18.6 Å². The van der Waals surface area contributed by atoms with Gasteiger partial charge in [-0.05, 0) is 48.7 Å². The van der Waals surface area contributed by atoms with Gasteiger partial charge in [0.05, 0.1) is 17.5 Å². The minimum absolute atomic E-state index is 0.105. The number of aliphatic hydroxyl groups is 1. The number of aliphatic hydroxyl groups excluding tert-OH is 1. The molecule has 2 aromatic carbocycles. The van der Waals surface area contributed by atoms with Crippen molar-refractivity contribution in [1.29, 1.82) is 0 Å². The summed E-state index contributed by atoms with van der Waals surface area (Å²) in [6.45, 7) is 0.638. The minimum atomic E-state index is -3.48. The molecule has 136 valence electrons. The van der Waals surface area contributed by atoms with Gasteiger partial charge in [0.25, 0.3) is 0 Å². The summed E-state index contributed by atoms with van der Waals surface area (Å²) in [4.78, 5) is 0. The van der Waals surface area contributed by atoms with E-state index in [2.05, 4.69) is 5.32 Å². The van der Waals surface area contributed by atoms with Crippen molar-refractivity contribution in [3.05, 3.63) is 54.3 Å². The van der Waals surface area contributed by atoms with E-state index in [1.165, 1.54) is 20.7 Å². The molecular weight excluding hydrogens is 345 g/mol. The molecule has 0 radical (unpaired) electrons. The zero-order valence-corrected chi connectivity index (χ0v) is 14.7. The fraction of sp³-hybridized carbons (Fsp3) is 0.294. The van der Waals surface area contributed by atoms with E-state index in [9.17, 15) is 18.6 Å². The zero-order chi connectivity index (χ0) is 18.0. The maximum atomic E-state index is 14.3. The zero-order valence-electron chi connectivity index (χ0n) is 13.8. The average molecular weight is 367 g/mol. The first-order valence-corrected chi connectivity index (χ1v) is 9.45. The predicted octanol–water partition coefficient (Wildman–Crippen LogP) is 3.33. The standard InChI is InChI=1S/C17H22FN3O3S/c1-19-12-13(22)10-11-20-16-8-4-5-9-17(16)21(25(20,23)24)15-7-3-2-6-14(15)18/h2-9,13,19,22-24H,10-12H2,1H3/t13-/m0/s1. The van der Waals surface area contributed by atoms with Crippen LogP contribution in [-0.4, -0.2) is 40.5 Å². The van der Waals surface area contributed by atoms with Gasteiger partial charge in [0, 0.05) is 13.1 Å². The molecule has 6 nitrogen and oxygen atoms in total. The molecule has 0 saturated carbocycles. The van der Waals surface area contributed by atoms with Crippen molar-refractivity contribution in [2.45, 2.75) is 12.5 Å². The highest BCUT2D eigenvalue weighted by Crippen LogP contribution is 2.64. The molecule has 1 aliphatic heterocycles. The Hall–Kier alpha value is -1.84. The first-order valence-electron chi connectivity index (χ1n) is 7.99. The Bertz CT molecular complexity index is 747. The van der Waals surface area contributed by atoms with Gasteiger partial charge in [0.2, 0.25) is 0 Å². The Morgan fingerprint density at radius 1 is 1.04 bits per heavy atom. The fourth-order valence-electron chi connectivity index (χ4n) is 2.93. The van der Waals surface area contributed by atoms with E-state index in [1.54, 1.807) is 43.4 Å². The molecular formula is C17H22FN3O3S. The highest BCUT2D eigenvalue weighted by atomic mass is 32.3. The maximum absolute atomic E-state index is 14.3. The molecule has 0 saturated heterocycles. The average Bonchev–Trinajstić information content (AvgIpc) is 2.80. The second kappa shape index (κ2) is 7.19. The van der Waals surface area contributed by atoms with E-state index < -0.39 is 22.9 Å². The summed E-state index contributed by atoms with van der Waals surface area (Å²) in [5.41, 5.74) is 1.23. The predicted molar refractivity (Wildman–Crippen MR) is 99.7 cm³/mol. The molecule has 4 N–H and O–H groups in total. The van der Waals surface area contributed by atoms with Crippen LogP contribution in [0.5, 0.6) is 0 Å². The molecule has 0 aliphatic carbocycles. The second-order valence-electron chi connectivity index (χ2n) is 5.83. The van der Waals surface area contributed by atoms with E-state index in [1.807, 2.05) is 0 Å². The normalized spacial score (nSPS) is 18.1. The van der Waals surface area contributed by atoms with E-state index in [0.717, 1.165) is 0 Å². The Morgan fingerprint density at radius 3 is 2.28 bits per heavy atom. The van der Waals surface area contributed by atoms with Crippen molar-refractivity contribution >= 4 is 28.0 Å². The van der Waals surface area contributed by atoms with Crippen LogP contribution in [0, 0.1) is 5.82 Å². The van der Waals surface area contributed by atoms with Crippen LogP contribution < -0.4 is 13.9 Å². The lowest BCUT2D eigenvalue weighted by molar-refractivity contribution is 0.167. The summed E-state index contributed by atoms with van der Waals surface area (Å²) >= 11 is 0. The summed E-state index contributed by atoms with van der Waals surface area (Å²) in [7, 11) is -1.74. The third-order valence-electron chi connectivity index (χ3n) is 4.09. The van der Waals surface area contributed by atoms with Crippen molar-refractivity contribution in [1.82, 2.24) is 5.32 Å². The number of para-hydroxylation sites is 3. The molecule has 0 unspecified atom stereocenters. The summed E-state index contributed by atoms with van der Waals surface area (Å²) in [5, 5.41) is 12.8. The molecule has 0 fully saturated rings. The van der Waals surface area contributed by atoms with Gasteiger partial charge < -0.3 is 10.4 Å². The number of hydrogen-bond acceptors (Lipinski definition) is 6. The first-order chi connectivity index (χ1) is 12.0. The number of nitrogens with zero attached hydrogens (tertiary/aromatic N) is 2.